The van der Waals surface area contributed by atoms with Crippen LogP contribution in [-0.4, -0.2) is 67.0 Å². The van der Waals surface area contributed by atoms with Crippen LogP contribution in [0.5, 0.6) is 5.75 Å². The molecule has 1 saturated heterocycles. The van der Waals surface area contributed by atoms with Gasteiger partial charge in [-0.15, -0.1) is 0 Å². The number of imidazole rings is 1. The van der Waals surface area contributed by atoms with E-state index in [9.17, 15) is 24.6 Å². The highest BCUT2D eigenvalue weighted by Crippen LogP contribution is 2.35. The maximum atomic E-state index is 13.3. The van der Waals surface area contributed by atoms with Crippen LogP contribution >= 0.6 is 0 Å². The number of benzene rings is 1. The third-order valence-electron chi connectivity index (χ3n) is 5.41. The number of anilines is 1. The first-order valence-electron chi connectivity index (χ1n) is 10.8. The molecule has 3 aromatic rings. The van der Waals surface area contributed by atoms with Gasteiger partial charge in [-0.2, -0.15) is 0 Å². The van der Waals surface area contributed by atoms with E-state index >= 15 is 0 Å². The van der Waals surface area contributed by atoms with Gasteiger partial charge in [0.15, 0.2) is 17.8 Å². The van der Waals surface area contributed by atoms with Gasteiger partial charge in [-0.25, -0.2) is 14.9 Å². The van der Waals surface area contributed by atoms with Crippen LogP contribution in [0.2, 0.25) is 0 Å². The summed E-state index contributed by atoms with van der Waals surface area (Å²) in [5.74, 6) is -1.64. The molecule has 4 rings (SSSR count). The van der Waals surface area contributed by atoms with E-state index in [-0.39, 0.29) is 23.5 Å². The van der Waals surface area contributed by atoms with Crippen LogP contribution in [0.3, 0.4) is 0 Å². The van der Waals surface area contributed by atoms with Crippen molar-refractivity contribution in [2.75, 3.05) is 18.1 Å². The highest BCUT2D eigenvalue weighted by atomic mass is 16.5. The zero-order chi connectivity index (χ0) is 24.4. The first kappa shape index (κ1) is 23.5. The van der Waals surface area contributed by atoms with Crippen molar-refractivity contribution in [2.45, 2.75) is 38.7 Å². The summed E-state index contributed by atoms with van der Waals surface area (Å²) in [7, 11) is 0. The number of para-hydroxylation sites is 1. The number of aromatic amines is 1. The number of ether oxygens (including phenoxy) is 2. The summed E-state index contributed by atoms with van der Waals surface area (Å²) in [5, 5.41) is 19.8. The lowest BCUT2D eigenvalue weighted by Crippen LogP contribution is -2.44. The molecule has 3 atom stereocenters. The molecule has 0 bridgehead atoms. The minimum atomic E-state index is -1.01. The van der Waals surface area contributed by atoms with Crippen molar-refractivity contribution >= 4 is 28.9 Å². The Labute approximate surface area is 193 Å². The number of imide groups is 1. The van der Waals surface area contributed by atoms with E-state index in [0.717, 1.165) is 11.2 Å². The molecule has 2 aromatic heterocycles. The molecule has 1 aromatic carbocycles. The Kier molecular flexibility index (Phi) is 6.72. The van der Waals surface area contributed by atoms with Crippen LogP contribution in [0.15, 0.2) is 41.5 Å². The summed E-state index contributed by atoms with van der Waals surface area (Å²) in [6, 6.07) is 8.63. The molecule has 0 spiro atoms. The predicted molar refractivity (Wildman–Crippen MR) is 119 cm³/mol. The molecule has 180 valence electrons. The predicted octanol–water partition coefficient (Wildman–Crippen LogP) is 0.355. The number of aliphatic hydroxyl groups excluding tert-OH is 2. The number of carbonyl (C=O) groups excluding carboxylic acids is 2. The summed E-state index contributed by atoms with van der Waals surface area (Å²) in [4.78, 5) is 50.6. The van der Waals surface area contributed by atoms with Gasteiger partial charge in [-0.05, 0) is 12.1 Å². The molecule has 0 radical (unpaired) electrons. The summed E-state index contributed by atoms with van der Waals surface area (Å²) in [6.45, 7) is 2.33. The topological polar surface area (TPSA) is 160 Å². The minimum Gasteiger partial charge on any atom is -0.484 e. The molecule has 0 aliphatic carbocycles. The molecule has 2 amide bonds. The number of rotatable bonds is 7. The normalized spacial score (nSPS) is 20.1. The number of hydrogen-bond acceptors (Lipinski definition) is 9. The Balaban J connectivity index is 1.80. The first-order valence-corrected chi connectivity index (χ1v) is 10.8. The maximum absolute atomic E-state index is 13.3. The molecule has 1 aliphatic heterocycles. The largest absolute Gasteiger partial charge is 0.484 e. The molecular weight excluding hydrogens is 446 g/mol. The van der Waals surface area contributed by atoms with Crippen molar-refractivity contribution in [1.82, 2.24) is 19.5 Å². The number of fused-ring (bicyclic) bond motifs is 1. The van der Waals surface area contributed by atoms with E-state index in [2.05, 4.69) is 15.0 Å². The Morgan fingerprint density at radius 1 is 1.32 bits per heavy atom. The summed E-state index contributed by atoms with van der Waals surface area (Å²) in [6.07, 6.45) is -1.64. The number of amides is 2. The lowest BCUT2D eigenvalue weighted by Gasteiger charge is -2.25. The molecule has 34 heavy (non-hydrogen) atoms. The molecule has 0 unspecified atom stereocenters. The Bertz CT molecular complexity index is 1240. The fraction of sp³-hybridized carbons (Fsp3) is 0.409. The lowest BCUT2D eigenvalue weighted by molar-refractivity contribution is -0.129. The number of aliphatic hydroxyl groups is 2. The average molecular weight is 471 g/mol. The van der Waals surface area contributed by atoms with Crippen molar-refractivity contribution in [3.8, 4) is 5.75 Å². The van der Waals surface area contributed by atoms with Crippen molar-refractivity contribution in [1.29, 1.82) is 0 Å². The number of aromatic nitrogens is 4. The number of H-pyrrole nitrogens is 1. The van der Waals surface area contributed by atoms with Gasteiger partial charge in [0.1, 0.15) is 18.1 Å². The number of hydrogen-bond donors (Lipinski definition) is 3. The number of nitrogens with one attached hydrogen (secondary N) is 1. The SMILES string of the molecule is CC(C)C(=O)N(C(=O)COc1ccccc1)c1nc2c(=O)[nH]cnc2n1[C@H]1C[C@H](O)[C@@H](CO)O1. The van der Waals surface area contributed by atoms with Crippen molar-refractivity contribution in [2.24, 2.45) is 5.92 Å². The van der Waals surface area contributed by atoms with Gasteiger partial charge in [-0.1, -0.05) is 32.0 Å². The molecule has 12 heteroatoms. The van der Waals surface area contributed by atoms with Gasteiger partial charge in [0.25, 0.3) is 11.5 Å². The molecule has 3 heterocycles. The Morgan fingerprint density at radius 3 is 2.71 bits per heavy atom. The van der Waals surface area contributed by atoms with E-state index in [4.69, 9.17) is 9.47 Å². The fourth-order valence-electron chi connectivity index (χ4n) is 3.69. The quantitative estimate of drug-likeness (QED) is 0.442. The average Bonchev–Trinajstić information content (AvgIpc) is 3.39. The highest BCUT2D eigenvalue weighted by molar-refractivity contribution is 6.15. The zero-order valence-corrected chi connectivity index (χ0v) is 18.6. The van der Waals surface area contributed by atoms with Crippen LogP contribution in [-0.2, 0) is 14.3 Å². The van der Waals surface area contributed by atoms with Crippen molar-refractivity contribution < 1.29 is 29.3 Å². The smallest absolute Gasteiger partial charge is 0.278 e. The Hall–Kier alpha value is -3.61. The van der Waals surface area contributed by atoms with Crippen LogP contribution in [0, 0.1) is 5.92 Å². The number of nitrogens with zero attached hydrogens (tertiary/aromatic N) is 4. The minimum absolute atomic E-state index is 0.0244. The lowest BCUT2D eigenvalue weighted by atomic mass is 10.2. The number of carbonyl (C=O) groups is 2. The maximum Gasteiger partial charge on any atom is 0.278 e. The summed E-state index contributed by atoms with van der Waals surface area (Å²) >= 11 is 0. The van der Waals surface area contributed by atoms with Gasteiger partial charge in [-0.3, -0.25) is 19.0 Å². The monoisotopic (exact) mass is 471 g/mol. The van der Waals surface area contributed by atoms with Gasteiger partial charge in [0.2, 0.25) is 11.9 Å². The zero-order valence-electron chi connectivity index (χ0n) is 18.6. The van der Waals surface area contributed by atoms with E-state index in [0.29, 0.717) is 5.75 Å². The second-order valence-corrected chi connectivity index (χ2v) is 8.12. The van der Waals surface area contributed by atoms with E-state index in [1.807, 2.05) is 0 Å². The second kappa shape index (κ2) is 9.71. The second-order valence-electron chi connectivity index (χ2n) is 8.12. The van der Waals surface area contributed by atoms with E-state index in [1.54, 1.807) is 44.2 Å². The van der Waals surface area contributed by atoms with Crippen LogP contribution in [0.4, 0.5) is 5.95 Å². The van der Waals surface area contributed by atoms with Gasteiger partial charge < -0.3 is 24.7 Å². The molecule has 12 nitrogen and oxygen atoms in total. The van der Waals surface area contributed by atoms with Crippen LogP contribution < -0.4 is 15.2 Å². The summed E-state index contributed by atoms with van der Waals surface area (Å²) < 4.78 is 12.6. The first-order chi connectivity index (χ1) is 16.3. The standard InChI is InChI=1S/C22H25N5O7/c1-12(2)21(32)26(16(30)10-33-13-6-4-3-5-7-13)22-25-18-19(23-11-24-20(18)31)27(22)17-8-14(29)15(9-28)34-17/h3-7,11-12,14-15,17,28-29H,8-10H2,1-2H3,(H,23,24,31)/t14-,15+,17+/m0/s1. The molecule has 1 fully saturated rings. The van der Waals surface area contributed by atoms with Gasteiger partial charge >= 0.3 is 0 Å². The van der Waals surface area contributed by atoms with E-state index < -0.39 is 54.9 Å². The van der Waals surface area contributed by atoms with Crippen molar-refractivity contribution in [3.63, 3.8) is 0 Å². The van der Waals surface area contributed by atoms with Crippen molar-refractivity contribution in [3.05, 3.63) is 47.0 Å². The van der Waals surface area contributed by atoms with Gasteiger partial charge in [0, 0.05) is 12.3 Å². The van der Waals surface area contributed by atoms with E-state index in [1.165, 1.54) is 4.57 Å². The highest BCUT2D eigenvalue weighted by Gasteiger charge is 2.40. The summed E-state index contributed by atoms with van der Waals surface area (Å²) in [5.41, 5.74) is -0.624. The fourth-order valence-corrected chi connectivity index (χ4v) is 3.69. The molecular formula is C22H25N5O7. The Morgan fingerprint density at radius 2 is 2.06 bits per heavy atom. The molecule has 1 aliphatic rings. The molecule has 3 N–H and O–H groups in total. The van der Waals surface area contributed by atoms with Crippen LogP contribution in [0.25, 0.3) is 11.2 Å². The third-order valence-corrected chi connectivity index (χ3v) is 5.41. The van der Waals surface area contributed by atoms with Crippen LogP contribution in [0.1, 0.15) is 26.5 Å². The molecule has 0 saturated carbocycles. The third kappa shape index (κ3) is 4.42. The van der Waals surface area contributed by atoms with Gasteiger partial charge in [0.05, 0.1) is 19.0 Å².